The van der Waals surface area contributed by atoms with Gasteiger partial charge in [0.15, 0.2) is 30.1 Å². The molecule has 11 nitrogen and oxygen atoms in total. The first-order valence-electron chi connectivity index (χ1n) is 15.1. The van der Waals surface area contributed by atoms with Gasteiger partial charge in [-0.15, -0.1) is 0 Å². The molecular weight excluding hydrogens is 592 g/mol. The van der Waals surface area contributed by atoms with Gasteiger partial charge in [-0.2, -0.15) is 0 Å². The number of aryl methyl sites for hydroxylation is 2. The fraction of sp³-hybridized carbons (Fsp3) is 0.314. The number of Topliss-reactive ketones (excluding diaryl/α,β-unsaturated/α-hetero) is 1. The van der Waals surface area contributed by atoms with E-state index in [2.05, 4.69) is 10.6 Å². The summed E-state index contributed by atoms with van der Waals surface area (Å²) in [7, 11) is 0. The van der Waals surface area contributed by atoms with Crippen LogP contribution in [0.4, 0.5) is 4.79 Å². The number of rotatable bonds is 13. The SMILES string of the molecule is Cc1oc(=O)oc1COC(=O)[C@H](CCc1ccccc1)N[C@@H](C)C(=O)C1N[C@@H](OC(=O)OCc2ccccc2)Cc2ccccc21. The maximum absolute atomic E-state index is 14.0. The number of carbonyl (C=O) groups excluding carboxylic acids is 3. The van der Waals surface area contributed by atoms with Gasteiger partial charge in [-0.25, -0.2) is 9.59 Å². The van der Waals surface area contributed by atoms with Gasteiger partial charge in [-0.1, -0.05) is 84.9 Å². The molecule has 1 aromatic heterocycles. The zero-order valence-electron chi connectivity index (χ0n) is 25.6. The van der Waals surface area contributed by atoms with Crippen molar-refractivity contribution in [1.29, 1.82) is 0 Å². The van der Waals surface area contributed by atoms with Crippen LogP contribution in [0.25, 0.3) is 0 Å². The van der Waals surface area contributed by atoms with E-state index in [1.54, 1.807) is 6.92 Å². The highest BCUT2D eigenvalue weighted by molar-refractivity contribution is 5.91. The fourth-order valence-corrected chi connectivity index (χ4v) is 5.32. The van der Waals surface area contributed by atoms with Gasteiger partial charge in [0.25, 0.3) is 0 Å². The monoisotopic (exact) mass is 628 g/mol. The number of esters is 1. The molecule has 0 saturated carbocycles. The molecule has 0 aliphatic carbocycles. The summed E-state index contributed by atoms with van der Waals surface area (Å²) in [4.78, 5) is 51.2. The summed E-state index contributed by atoms with van der Waals surface area (Å²) in [6.45, 7) is 2.97. The Balaban J connectivity index is 1.26. The largest absolute Gasteiger partial charge is 0.519 e. The predicted octanol–water partition coefficient (Wildman–Crippen LogP) is 4.70. The molecular formula is C35H36N2O9. The topological polar surface area (TPSA) is 146 Å². The van der Waals surface area contributed by atoms with Gasteiger partial charge in [-0.3, -0.25) is 20.2 Å². The lowest BCUT2D eigenvalue weighted by atomic mass is 9.89. The molecule has 1 unspecified atom stereocenters. The van der Waals surface area contributed by atoms with E-state index in [1.165, 1.54) is 6.92 Å². The van der Waals surface area contributed by atoms with Gasteiger partial charge in [0.2, 0.25) is 0 Å². The van der Waals surface area contributed by atoms with Gasteiger partial charge in [0, 0.05) is 6.42 Å². The van der Waals surface area contributed by atoms with Gasteiger partial charge in [0.1, 0.15) is 12.6 Å². The Hall–Kier alpha value is -5.00. The Morgan fingerprint density at radius 3 is 2.26 bits per heavy atom. The van der Waals surface area contributed by atoms with Crippen LogP contribution in [0.15, 0.2) is 98.6 Å². The average Bonchev–Trinajstić information content (AvgIpc) is 3.40. The van der Waals surface area contributed by atoms with Crippen LogP contribution < -0.4 is 16.5 Å². The lowest BCUT2D eigenvalue weighted by Gasteiger charge is -2.33. The Bertz CT molecular complexity index is 1680. The first-order valence-corrected chi connectivity index (χ1v) is 15.1. The predicted molar refractivity (Wildman–Crippen MR) is 165 cm³/mol. The molecule has 4 aromatic rings. The standard InChI is InChI=1S/C35H36N2O9/c1-22(36-28(18-17-24-11-5-3-6-12-24)33(39)42-21-29-23(2)44-35(41)45-29)32(38)31-27-16-10-9-15-26(27)19-30(37-31)46-34(40)43-20-25-13-7-4-8-14-25/h3-16,22,28,30-31,36-37H,17-21H2,1-2H3/t22-,28-,30-,31?/m0/s1. The molecule has 2 heterocycles. The second-order valence-corrected chi connectivity index (χ2v) is 11.0. The molecule has 2 N–H and O–H groups in total. The number of nitrogens with one attached hydrogen (secondary N) is 2. The highest BCUT2D eigenvalue weighted by atomic mass is 16.7. The molecule has 3 aromatic carbocycles. The molecule has 1 aliphatic heterocycles. The number of hydrogen-bond acceptors (Lipinski definition) is 11. The number of ether oxygens (including phenoxy) is 3. The van der Waals surface area contributed by atoms with Gasteiger partial charge >= 0.3 is 17.9 Å². The highest BCUT2D eigenvalue weighted by Crippen LogP contribution is 2.28. The molecule has 0 radical (unpaired) electrons. The summed E-state index contributed by atoms with van der Waals surface area (Å²) in [5.41, 5.74) is 3.44. The molecule has 0 spiro atoms. The molecule has 1 aliphatic rings. The zero-order valence-corrected chi connectivity index (χ0v) is 25.6. The van der Waals surface area contributed by atoms with Gasteiger partial charge < -0.3 is 23.0 Å². The Kier molecular flexibility index (Phi) is 10.8. The molecule has 4 atom stereocenters. The minimum absolute atomic E-state index is 0.0546. The van der Waals surface area contributed by atoms with Crippen molar-refractivity contribution in [3.05, 3.63) is 129 Å². The normalized spacial score (nSPS) is 16.9. The van der Waals surface area contributed by atoms with Crippen molar-refractivity contribution in [2.45, 2.75) is 70.7 Å². The van der Waals surface area contributed by atoms with Crippen molar-refractivity contribution in [3.63, 3.8) is 0 Å². The van der Waals surface area contributed by atoms with Gasteiger partial charge in [-0.05, 0) is 48.9 Å². The molecule has 0 saturated heterocycles. The van der Waals surface area contributed by atoms with Crippen molar-refractivity contribution in [2.75, 3.05) is 0 Å². The van der Waals surface area contributed by atoms with Crippen molar-refractivity contribution in [2.24, 2.45) is 0 Å². The smallest absolute Gasteiger partial charge is 0.456 e. The van der Waals surface area contributed by atoms with E-state index >= 15 is 0 Å². The van der Waals surface area contributed by atoms with Crippen molar-refractivity contribution in [3.8, 4) is 0 Å². The number of benzene rings is 3. The molecule has 46 heavy (non-hydrogen) atoms. The van der Waals surface area contributed by atoms with Crippen LogP contribution in [-0.4, -0.2) is 36.2 Å². The first kappa shape index (κ1) is 32.4. The van der Waals surface area contributed by atoms with E-state index in [-0.39, 0.29) is 30.5 Å². The van der Waals surface area contributed by atoms with Crippen LogP contribution in [0.2, 0.25) is 0 Å². The van der Waals surface area contributed by atoms with Crippen molar-refractivity contribution < 1.29 is 37.4 Å². The third-order valence-electron chi connectivity index (χ3n) is 7.75. The third-order valence-corrected chi connectivity index (χ3v) is 7.75. The maximum atomic E-state index is 14.0. The Labute approximate surface area is 265 Å². The third kappa shape index (κ3) is 8.58. The summed E-state index contributed by atoms with van der Waals surface area (Å²) in [5.74, 6) is -1.42. The number of carbonyl (C=O) groups is 3. The second kappa shape index (κ2) is 15.3. The first-order chi connectivity index (χ1) is 22.3. The maximum Gasteiger partial charge on any atom is 0.519 e. The summed E-state index contributed by atoms with van der Waals surface area (Å²) in [5, 5.41) is 6.31. The van der Waals surface area contributed by atoms with Gasteiger partial charge in [0.05, 0.1) is 12.1 Å². The second-order valence-electron chi connectivity index (χ2n) is 11.0. The molecule has 0 bridgehead atoms. The van der Waals surface area contributed by atoms with Crippen LogP contribution in [0, 0.1) is 6.92 Å². The molecule has 5 rings (SSSR count). The number of ketones is 1. The van der Waals surface area contributed by atoms with E-state index in [9.17, 15) is 19.2 Å². The lowest BCUT2D eigenvalue weighted by molar-refractivity contribution is -0.148. The van der Waals surface area contributed by atoms with Crippen LogP contribution in [0.1, 0.15) is 53.2 Å². The minimum atomic E-state index is -0.881. The molecule has 0 fully saturated rings. The lowest BCUT2D eigenvalue weighted by Crippen LogP contribution is -2.52. The summed E-state index contributed by atoms with van der Waals surface area (Å²) in [6.07, 6.45) is -0.448. The quantitative estimate of drug-likeness (QED) is 0.199. The highest BCUT2D eigenvalue weighted by Gasteiger charge is 2.36. The summed E-state index contributed by atoms with van der Waals surface area (Å²) < 4.78 is 26.1. The summed E-state index contributed by atoms with van der Waals surface area (Å²) in [6, 6.07) is 23.8. The Morgan fingerprint density at radius 2 is 1.57 bits per heavy atom. The zero-order chi connectivity index (χ0) is 32.5. The number of fused-ring (bicyclic) bond motifs is 1. The Morgan fingerprint density at radius 1 is 0.891 bits per heavy atom. The van der Waals surface area contributed by atoms with Crippen LogP contribution >= 0.6 is 0 Å². The van der Waals surface area contributed by atoms with E-state index in [1.807, 2.05) is 84.9 Å². The van der Waals surface area contributed by atoms with Crippen LogP contribution in [-0.2, 0) is 49.9 Å². The van der Waals surface area contributed by atoms with E-state index < -0.39 is 42.3 Å². The van der Waals surface area contributed by atoms with E-state index in [0.29, 0.717) is 19.3 Å². The number of hydrogen-bond donors (Lipinski definition) is 2. The van der Waals surface area contributed by atoms with E-state index in [4.69, 9.17) is 23.0 Å². The fourth-order valence-electron chi connectivity index (χ4n) is 5.32. The molecule has 240 valence electrons. The van der Waals surface area contributed by atoms with Crippen molar-refractivity contribution in [1.82, 2.24) is 10.6 Å². The molecule has 11 heteroatoms. The van der Waals surface area contributed by atoms with Crippen LogP contribution in [0.5, 0.6) is 0 Å². The van der Waals surface area contributed by atoms with Crippen LogP contribution in [0.3, 0.4) is 0 Å². The summed E-state index contributed by atoms with van der Waals surface area (Å²) >= 11 is 0. The minimum Gasteiger partial charge on any atom is -0.456 e. The average molecular weight is 629 g/mol. The van der Waals surface area contributed by atoms with E-state index in [0.717, 1.165) is 22.3 Å². The van der Waals surface area contributed by atoms with Crippen molar-refractivity contribution >= 4 is 17.9 Å². The molecule has 0 amide bonds.